The normalized spacial score (nSPS) is 11.6. The first-order valence-electron chi connectivity index (χ1n) is 7.62. The summed E-state index contributed by atoms with van der Waals surface area (Å²) in [6.45, 7) is -0.0439. The van der Waals surface area contributed by atoms with E-state index in [9.17, 15) is 8.42 Å². The molecule has 1 aromatic heterocycles. The molecule has 8 heteroatoms. The second-order valence-electron chi connectivity index (χ2n) is 5.39. The number of benzene rings is 2. The summed E-state index contributed by atoms with van der Waals surface area (Å²) in [5.41, 5.74) is 1.71. The van der Waals surface area contributed by atoms with Crippen LogP contribution in [-0.2, 0) is 23.0 Å². The van der Waals surface area contributed by atoms with Gasteiger partial charge in [-0.1, -0.05) is 47.1 Å². The minimum atomic E-state index is -3.43. The van der Waals surface area contributed by atoms with E-state index in [1.54, 1.807) is 24.3 Å². The Bertz CT molecular complexity index is 925. The summed E-state index contributed by atoms with van der Waals surface area (Å²) in [4.78, 5) is 4.18. The maximum absolute atomic E-state index is 12.1. The van der Waals surface area contributed by atoms with E-state index < -0.39 is 10.0 Å². The number of aromatic nitrogens is 2. The second kappa shape index (κ2) is 7.77. The average molecular weight is 378 g/mol. The van der Waals surface area contributed by atoms with Gasteiger partial charge in [-0.05, 0) is 36.2 Å². The van der Waals surface area contributed by atoms with Crippen LogP contribution in [-0.4, -0.2) is 24.3 Å². The Morgan fingerprint density at radius 1 is 1.04 bits per heavy atom. The number of hydrogen-bond acceptors (Lipinski definition) is 5. The van der Waals surface area contributed by atoms with Crippen molar-refractivity contribution < 1.29 is 12.9 Å². The Morgan fingerprint density at radius 2 is 1.76 bits per heavy atom. The molecule has 2 aromatic carbocycles. The molecular weight excluding hydrogens is 362 g/mol. The number of nitrogens with zero attached hydrogens (tertiary/aromatic N) is 2. The van der Waals surface area contributed by atoms with Crippen molar-refractivity contribution in [1.29, 1.82) is 0 Å². The van der Waals surface area contributed by atoms with E-state index in [0.29, 0.717) is 17.3 Å². The lowest BCUT2D eigenvalue weighted by Crippen LogP contribution is -2.27. The van der Waals surface area contributed by atoms with Crippen LogP contribution in [0, 0.1) is 0 Å². The van der Waals surface area contributed by atoms with Crippen LogP contribution in [0.25, 0.3) is 11.4 Å². The zero-order valence-corrected chi connectivity index (χ0v) is 14.8. The van der Waals surface area contributed by atoms with Gasteiger partial charge in [0.15, 0.2) is 0 Å². The van der Waals surface area contributed by atoms with Crippen molar-refractivity contribution >= 4 is 21.6 Å². The summed E-state index contributed by atoms with van der Waals surface area (Å²) in [5.74, 6) is 0.582. The van der Waals surface area contributed by atoms with Crippen molar-refractivity contribution in [2.45, 2.75) is 13.0 Å². The van der Waals surface area contributed by atoms with E-state index in [2.05, 4.69) is 14.9 Å². The molecule has 0 radical (unpaired) electrons. The summed E-state index contributed by atoms with van der Waals surface area (Å²) in [6, 6.07) is 16.4. The number of sulfonamides is 1. The first-order chi connectivity index (χ1) is 12.0. The topological polar surface area (TPSA) is 85.1 Å². The molecule has 1 N–H and O–H groups in total. The number of nitrogens with one attached hydrogen (secondary N) is 1. The van der Waals surface area contributed by atoms with Crippen molar-refractivity contribution in [2.75, 3.05) is 5.75 Å². The minimum absolute atomic E-state index is 0.00477. The Labute approximate surface area is 150 Å². The summed E-state index contributed by atoms with van der Waals surface area (Å²) in [5, 5.41) is 4.46. The molecule has 25 heavy (non-hydrogen) atoms. The fraction of sp³-hybridized carbons (Fsp3) is 0.176. The second-order valence-corrected chi connectivity index (χ2v) is 7.76. The van der Waals surface area contributed by atoms with E-state index in [-0.39, 0.29) is 18.2 Å². The summed E-state index contributed by atoms with van der Waals surface area (Å²) in [6.07, 6.45) is 0.441. The highest BCUT2D eigenvalue weighted by atomic mass is 35.5. The van der Waals surface area contributed by atoms with Gasteiger partial charge in [-0.25, -0.2) is 13.1 Å². The molecule has 0 saturated heterocycles. The van der Waals surface area contributed by atoms with Gasteiger partial charge >= 0.3 is 0 Å². The summed E-state index contributed by atoms with van der Waals surface area (Å²) >= 11 is 5.84. The molecule has 3 rings (SSSR count). The lowest BCUT2D eigenvalue weighted by atomic mass is 10.2. The third kappa shape index (κ3) is 5.12. The standard InChI is InChI=1S/C17H16ClN3O3S/c18-15-8-6-14(7-9-15)17-20-16(24-21-17)12-19-25(22,23)11-10-13-4-2-1-3-5-13/h1-9,19H,10-12H2. The van der Waals surface area contributed by atoms with Crippen LogP contribution >= 0.6 is 11.6 Å². The Hall–Kier alpha value is -2.22. The maximum atomic E-state index is 12.1. The van der Waals surface area contributed by atoms with Crippen LogP contribution in [0.4, 0.5) is 0 Å². The predicted octanol–water partition coefficient (Wildman–Crippen LogP) is 3.05. The first-order valence-corrected chi connectivity index (χ1v) is 9.65. The molecule has 0 fully saturated rings. The van der Waals surface area contributed by atoms with Gasteiger partial charge in [-0.15, -0.1) is 0 Å². The molecule has 6 nitrogen and oxygen atoms in total. The zero-order chi connectivity index (χ0) is 17.7. The number of aryl methyl sites for hydroxylation is 1. The molecule has 0 aliphatic heterocycles. The SMILES string of the molecule is O=S(=O)(CCc1ccccc1)NCc1nc(-c2ccc(Cl)cc2)no1. The van der Waals surface area contributed by atoms with Gasteiger partial charge in [0, 0.05) is 10.6 Å². The molecule has 0 saturated carbocycles. The Kier molecular flexibility index (Phi) is 5.47. The highest BCUT2D eigenvalue weighted by Crippen LogP contribution is 2.18. The van der Waals surface area contributed by atoms with Gasteiger partial charge in [0.2, 0.25) is 21.7 Å². The van der Waals surface area contributed by atoms with Gasteiger partial charge in [0.25, 0.3) is 0 Å². The van der Waals surface area contributed by atoms with E-state index >= 15 is 0 Å². The Morgan fingerprint density at radius 3 is 2.48 bits per heavy atom. The zero-order valence-electron chi connectivity index (χ0n) is 13.2. The largest absolute Gasteiger partial charge is 0.338 e. The molecule has 0 spiro atoms. The predicted molar refractivity (Wildman–Crippen MR) is 95.5 cm³/mol. The van der Waals surface area contributed by atoms with E-state index in [0.717, 1.165) is 11.1 Å². The van der Waals surface area contributed by atoms with Crippen molar-refractivity contribution in [3.8, 4) is 11.4 Å². The van der Waals surface area contributed by atoms with E-state index in [4.69, 9.17) is 16.1 Å². The number of rotatable bonds is 7. The highest BCUT2D eigenvalue weighted by Gasteiger charge is 2.14. The molecular formula is C17H16ClN3O3S. The van der Waals surface area contributed by atoms with E-state index in [1.165, 1.54) is 0 Å². The van der Waals surface area contributed by atoms with Gasteiger partial charge < -0.3 is 4.52 Å². The van der Waals surface area contributed by atoms with Gasteiger partial charge in [-0.2, -0.15) is 4.98 Å². The fourth-order valence-corrected chi connectivity index (χ4v) is 3.30. The third-order valence-electron chi connectivity index (χ3n) is 3.52. The molecule has 3 aromatic rings. The molecule has 130 valence electrons. The van der Waals surface area contributed by atoms with E-state index in [1.807, 2.05) is 30.3 Å². The fourth-order valence-electron chi connectivity index (χ4n) is 2.18. The van der Waals surface area contributed by atoms with Crippen LogP contribution in [0.5, 0.6) is 0 Å². The van der Waals surface area contributed by atoms with Crippen molar-refractivity contribution in [1.82, 2.24) is 14.9 Å². The molecule has 0 amide bonds. The van der Waals surface area contributed by atoms with Crippen LogP contribution in [0.2, 0.25) is 5.02 Å². The number of hydrogen-bond donors (Lipinski definition) is 1. The maximum Gasteiger partial charge on any atom is 0.242 e. The van der Waals surface area contributed by atoms with Crippen LogP contribution in [0.1, 0.15) is 11.5 Å². The molecule has 1 heterocycles. The average Bonchev–Trinajstić information content (AvgIpc) is 3.09. The van der Waals surface area contributed by atoms with Gasteiger partial charge in [0.05, 0.1) is 12.3 Å². The van der Waals surface area contributed by atoms with Crippen molar-refractivity contribution in [2.24, 2.45) is 0 Å². The van der Waals surface area contributed by atoms with Crippen LogP contribution < -0.4 is 4.72 Å². The lowest BCUT2D eigenvalue weighted by Gasteiger charge is -2.04. The molecule has 0 bridgehead atoms. The smallest absolute Gasteiger partial charge is 0.242 e. The summed E-state index contributed by atoms with van der Waals surface area (Å²) in [7, 11) is -3.43. The quantitative estimate of drug-likeness (QED) is 0.684. The van der Waals surface area contributed by atoms with Gasteiger partial charge in [0.1, 0.15) is 0 Å². The van der Waals surface area contributed by atoms with Crippen LogP contribution in [0.15, 0.2) is 59.1 Å². The molecule has 0 unspecified atom stereocenters. The monoisotopic (exact) mass is 377 g/mol. The molecule has 0 aliphatic rings. The molecule has 0 atom stereocenters. The lowest BCUT2D eigenvalue weighted by molar-refractivity contribution is 0.376. The first kappa shape index (κ1) is 17.6. The minimum Gasteiger partial charge on any atom is -0.338 e. The highest BCUT2D eigenvalue weighted by molar-refractivity contribution is 7.89. The number of halogens is 1. The molecule has 0 aliphatic carbocycles. The summed E-state index contributed by atoms with van der Waals surface area (Å²) < 4.78 is 31.7. The Balaban J connectivity index is 1.57. The van der Waals surface area contributed by atoms with Crippen molar-refractivity contribution in [3.63, 3.8) is 0 Å². The van der Waals surface area contributed by atoms with Crippen LogP contribution in [0.3, 0.4) is 0 Å². The third-order valence-corrected chi connectivity index (χ3v) is 5.09. The van der Waals surface area contributed by atoms with Crippen molar-refractivity contribution in [3.05, 3.63) is 71.1 Å². The van der Waals surface area contributed by atoms with Gasteiger partial charge in [-0.3, -0.25) is 0 Å².